The normalized spacial score (nSPS) is 12.1. The van der Waals surface area contributed by atoms with E-state index in [1.807, 2.05) is 0 Å². The van der Waals surface area contributed by atoms with Gasteiger partial charge in [-0.2, -0.15) is 5.10 Å². The van der Waals surface area contributed by atoms with Gasteiger partial charge in [0.1, 0.15) is 4.90 Å². The average molecular weight is 275 g/mol. The molecule has 0 aliphatic carbocycles. The number of sulfonamides is 1. The standard InChI is InChI=1S/C10H17N3O4S/c1-7-10(8(2)13(4)11-7)18(16,17)12(3)6-5-9(14)15/h5-6H2,1-4H3,(H,14,15). The monoisotopic (exact) mass is 275 g/mol. The lowest BCUT2D eigenvalue weighted by molar-refractivity contribution is -0.137. The average Bonchev–Trinajstić information content (AvgIpc) is 2.49. The van der Waals surface area contributed by atoms with Crippen LogP contribution in [-0.4, -0.2) is 47.2 Å². The first-order valence-corrected chi connectivity index (χ1v) is 6.80. The Morgan fingerprint density at radius 2 is 2.00 bits per heavy atom. The number of rotatable bonds is 5. The quantitative estimate of drug-likeness (QED) is 0.824. The number of aryl methyl sites for hydroxylation is 2. The Bertz CT molecular complexity index is 562. The molecule has 0 saturated heterocycles. The second kappa shape index (κ2) is 5.07. The fraction of sp³-hybridized carbons (Fsp3) is 0.600. The van der Waals surface area contributed by atoms with Gasteiger partial charge in [-0.25, -0.2) is 12.7 Å². The van der Waals surface area contributed by atoms with Crippen LogP contribution in [0.25, 0.3) is 0 Å². The molecule has 1 heterocycles. The summed E-state index contributed by atoms with van der Waals surface area (Å²) >= 11 is 0. The fourth-order valence-electron chi connectivity index (χ4n) is 1.66. The molecule has 1 N–H and O–H groups in total. The number of aromatic nitrogens is 2. The van der Waals surface area contributed by atoms with E-state index in [0.29, 0.717) is 11.4 Å². The van der Waals surface area contributed by atoms with E-state index in [1.54, 1.807) is 20.9 Å². The van der Waals surface area contributed by atoms with Crippen molar-refractivity contribution < 1.29 is 18.3 Å². The Labute approximate surface area is 106 Å². The second-order valence-corrected chi connectivity index (χ2v) is 6.08. The summed E-state index contributed by atoms with van der Waals surface area (Å²) in [4.78, 5) is 10.6. The molecule has 0 radical (unpaired) electrons. The van der Waals surface area contributed by atoms with Crippen LogP contribution < -0.4 is 0 Å². The molecule has 0 amide bonds. The smallest absolute Gasteiger partial charge is 0.304 e. The highest BCUT2D eigenvalue weighted by Crippen LogP contribution is 2.22. The Morgan fingerprint density at radius 3 is 2.39 bits per heavy atom. The number of carbonyl (C=O) groups is 1. The fourth-order valence-corrected chi connectivity index (χ4v) is 3.22. The summed E-state index contributed by atoms with van der Waals surface area (Å²) in [6.45, 7) is 3.22. The summed E-state index contributed by atoms with van der Waals surface area (Å²) in [7, 11) is -0.658. The molecule has 0 spiro atoms. The molecule has 1 aromatic heterocycles. The van der Waals surface area contributed by atoms with E-state index in [1.165, 1.54) is 11.7 Å². The minimum Gasteiger partial charge on any atom is -0.481 e. The first-order chi connectivity index (χ1) is 8.17. The van der Waals surface area contributed by atoms with Crippen LogP contribution in [0.15, 0.2) is 4.90 Å². The van der Waals surface area contributed by atoms with Crippen molar-refractivity contribution in [3.05, 3.63) is 11.4 Å². The summed E-state index contributed by atoms with van der Waals surface area (Å²) < 4.78 is 27.1. The molecule has 8 heteroatoms. The van der Waals surface area contributed by atoms with Crippen LogP contribution in [0.3, 0.4) is 0 Å². The van der Waals surface area contributed by atoms with Crippen molar-refractivity contribution >= 4 is 16.0 Å². The van der Waals surface area contributed by atoms with Gasteiger partial charge in [-0.15, -0.1) is 0 Å². The van der Waals surface area contributed by atoms with Crippen LogP contribution in [0.4, 0.5) is 0 Å². The van der Waals surface area contributed by atoms with Gasteiger partial charge in [0.2, 0.25) is 10.0 Å². The van der Waals surface area contributed by atoms with Crippen molar-refractivity contribution in [3.8, 4) is 0 Å². The number of nitrogens with zero attached hydrogens (tertiary/aromatic N) is 3. The third kappa shape index (κ3) is 2.70. The lowest BCUT2D eigenvalue weighted by Gasteiger charge is -2.16. The largest absolute Gasteiger partial charge is 0.481 e. The molecule has 18 heavy (non-hydrogen) atoms. The number of hydrogen-bond acceptors (Lipinski definition) is 4. The van der Waals surface area contributed by atoms with Crippen molar-refractivity contribution in [2.24, 2.45) is 7.05 Å². The van der Waals surface area contributed by atoms with Gasteiger partial charge in [0.05, 0.1) is 17.8 Å². The van der Waals surface area contributed by atoms with Crippen molar-refractivity contribution in [3.63, 3.8) is 0 Å². The molecule has 1 aromatic rings. The van der Waals surface area contributed by atoms with E-state index < -0.39 is 16.0 Å². The maximum Gasteiger partial charge on any atom is 0.304 e. The molecule has 0 atom stereocenters. The minimum atomic E-state index is -3.69. The van der Waals surface area contributed by atoms with Crippen LogP contribution in [0, 0.1) is 13.8 Å². The van der Waals surface area contributed by atoms with Gasteiger partial charge < -0.3 is 5.11 Å². The Morgan fingerprint density at radius 1 is 1.44 bits per heavy atom. The second-order valence-electron chi connectivity index (χ2n) is 4.09. The molecule has 0 aliphatic heterocycles. The topological polar surface area (TPSA) is 92.5 Å². The number of aliphatic carboxylic acids is 1. The lowest BCUT2D eigenvalue weighted by atomic mass is 10.4. The van der Waals surface area contributed by atoms with Gasteiger partial charge in [-0.3, -0.25) is 9.48 Å². The number of carboxylic acids is 1. The van der Waals surface area contributed by atoms with Crippen molar-refractivity contribution in [1.82, 2.24) is 14.1 Å². The van der Waals surface area contributed by atoms with E-state index in [-0.39, 0.29) is 17.9 Å². The maximum absolute atomic E-state index is 12.3. The third-order valence-electron chi connectivity index (χ3n) is 2.75. The van der Waals surface area contributed by atoms with E-state index in [9.17, 15) is 13.2 Å². The zero-order chi connectivity index (χ0) is 14.1. The van der Waals surface area contributed by atoms with Crippen LogP contribution in [-0.2, 0) is 21.9 Å². The molecule has 0 saturated carbocycles. The minimum absolute atomic E-state index is 0.0640. The molecule has 102 valence electrons. The zero-order valence-electron chi connectivity index (χ0n) is 10.8. The van der Waals surface area contributed by atoms with Gasteiger partial charge in [-0.05, 0) is 13.8 Å². The van der Waals surface area contributed by atoms with Crippen LogP contribution >= 0.6 is 0 Å². The molecule has 1 rings (SSSR count). The summed E-state index contributed by atoms with van der Waals surface area (Å²) in [6.07, 6.45) is -0.228. The van der Waals surface area contributed by atoms with Gasteiger partial charge in [0.25, 0.3) is 0 Å². The molecular weight excluding hydrogens is 258 g/mol. The van der Waals surface area contributed by atoms with E-state index in [2.05, 4.69) is 5.10 Å². The molecular formula is C10H17N3O4S. The Kier molecular flexibility index (Phi) is 4.12. The van der Waals surface area contributed by atoms with E-state index >= 15 is 0 Å². The molecule has 0 aliphatic rings. The summed E-state index contributed by atoms with van der Waals surface area (Å²) in [5, 5.41) is 12.6. The third-order valence-corrected chi connectivity index (χ3v) is 4.86. The predicted octanol–water partition coefficient (Wildman–Crippen LogP) is 0.132. The highest BCUT2D eigenvalue weighted by atomic mass is 32.2. The van der Waals surface area contributed by atoms with Crippen LogP contribution in [0.2, 0.25) is 0 Å². The first kappa shape index (κ1) is 14.7. The van der Waals surface area contributed by atoms with Crippen molar-refractivity contribution in [2.45, 2.75) is 25.2 Å². The first-order valence-electron chi connectivity index (χ1n) is 5.36. The van der Waals surface area contributed by atoms with Gasteiger partial charge in [0.15, 0.2) is 0 Å². The Hall–Kier alpha value is -1.41. The zero-order valence-corrected chi connectivity index (χ0v) is 11.7. The molecule has 0 fully saturated rings. The highest BCUT2D eigenvalue weighted by molar-refractivity contribution is 7.89. The predicted molar refractivity (Wildman–Crippen MR) is 64.8 cm³/mol. The van der Waals surface area contributed by atoms with E-state index in [4.69, 9.17) is 5.11 Å². The van der Waals surface area contributed by atoms with Crippen LogP contribution in [0.5, 0.6) is 0 Å². The summed E-state index contributed by atoms with van der Waals surface area (Å²) in [6, 6.07) is 0. The van der Waals surface area contributed by atoms with E-state index in [0.717, 1.165) is 4.31 Å². The number of hydrogen-bond donors (Lipinski definition) is 1. The molecule has 0 aromatic carbocycles. The SMILES string of the molecule is Cc1nn(C)c(C)c1S(=O)(=O)N(C)CCC(=O)O. The number of carboxylic acid groups (broad SMARTS) is 1. The Balaban J connectivity index is 3.10. The molecule has 7 nitrogen and oxygen atoms in total. The van der Waals surface area contributed by atoms with Gasteiger partial charge in [-0.1, -0.05) is 0 Å². The summed E-state index contributed by atoms with van der Waals surface area (Å²) in [5.74, 6) is -1.03. The lowest BCUT2D eigenvalue weighted by Crippen LogP contribution is -2.30. The molecule has 0 unspecified atom stereocenters. The van der Waals surface area contributed by atoms with Gasteiger partial charge >= 0.3 is 5.97 Å². The highest BCUT2D eigenvalue weighted by Gasteiger charge is 2.28. The molecule has 0 bridgehead atoms. The summed E-state index contributed by atoms with van der Waals surface area (Å²) in [5.41, 5.74) is 0.951. The maximum atomic E-state index is 12.3. The van der Waals surface area contributed by atoms with Gasteiger partial charge in [0, 0.05) is 20.6 Å². The van der Waals surface area contributed by atoms with Crippen molar-refractivity contribution in [1.29, 1.82) is 0 Å². The van der Waals surface area contributed by atoms with Crippen molar-refractivity contribution in [2.75, 3.05) is 13.6 Å². The van der Waals surface area contributed by atoms with Crippen LogP contribution in [0.1, 0.15) is 17.8 Å².